The number of nitrogens with zero attached hydrogens (tertiary/aromatic N) is 2. The van der Waals surface area contributed by atoms with Crippen LogP contribution in [0.15, 0.2) is 41.2 Å². The fourth-order valence-corrected chi connectivity index (χ4v) is 3.94. The van der Waals surface area contributed by atoms with Crippen molar-refractivity contribution in [2.75, 3.05) is 6.54 Å². The van der Waals surface area contributed by atoms with Crippen LogP contribution in [0, 0.1) is 5.82 Å². The molecule has 1 atom stereocenters. The third-order valence-corrected chi connectivity index (χ3v) is 5.66. The average Bonchev–Trinajstić information content (AvgIpc) is 3.10. The Hall–Kier alpha value is -2.44. The zero-order valence-corrected chi connectivity index (χ0v) is 16.2. The van der Waals surface area contributed by atoms with Crippen LogP contribution in [0.25, 0.3) is 11.0 Å². The van der Waals surface area contributed by atoms with Crippen LogP contribution in [0.1, 0.15) is 28.9 Å². The third-order valence-electron chi connectivity index (χ3n) is 4.94. The fourth-order valence-electron chi connectivity index (χ4n) is 3.61. The Kier molecular flexibility index (Phi) is 5.08. The number of halogens is 3. The highest BCUT2D eigenvalue weighted by Crippen LogP contribution is 2.26. The molecule has 0 bridgehead atoms. The summed E-state index contributed by atoms with van der Waals surface area (Å²) < 4.78 is 13.5. The maximum Gasteiger partial charge on any atom is 0.280 e. The number of amides is 1. The van der Waals surface area contributed by atoms with E-state index in [1.54, 1.807) is 11.0 Å². The molecule has 0 aliphatic carbocycles. The second-order valence-corrected chi connectivity index (χ2v) is 7.64. The van der Waals surface area contributed by atoms with Crippen molar-refractivity contribution in [2.45, 2.75) is 25.3 Å². The third kappa shape index (κ3) is 3.62. The van der Waals surface area contributed by atoms with Gasteiger partial charge in [0.15, 0.2) is 5.69 Å². The van der Waals surface area contributed by atoms with E-state index in [0.29, 0.717) is 29.0 Å². The van der Waals surface area contributed by atoms with Crippen LogP contribution in [0.4, 0.5) is 4.39 Å². The number of carbonyl (C=O) groups excluding carboxylic acids is 1. The van der Waals surface area contributed by atoms with Gasteiger partial charge in [0.05, 0.1) is 21.1 Å². The normalized spacial score (nSPS) is 16.7. The van der Waals surface area contributed by atoms with Gasteiger partial charge in [-0.25, -0.2) is 9.37 Å². The molecular weight excluding hydrogens is 404 g/mol. The molecule has 1 fully saturated rings. The second kappa shape index (κ2) is 7.53. The lowest BCUT2D eigenvalue weighted by Gasteiger charge is -2.24. The summed E-state index contributed by atoms with van der Waals surface area (Å²) in [6.45, 7) is 0.527. The SMILES string of the molecule is O=C(c1nc2cc(Cl)c(Cl)cc2[nH]c1=O)N1CCCC1Cc1cccc(F)c1. The fraction of sp³-hybridized carbons (Fsp3) is 0.250. The van der Waals surface area contributed by atoms with E-state index in [4.69, 9.17) is 23.2 Å². The molecule has 2 aromatic carbocycles. The Bertz CT molecular complexity index is 1130. The summed E-state index contributed by atoms with van der Waals surface area (Å²) in [6, 6.07) is 9.24. The van der Waals surface area contributed by atoms with Gasteiger partial charge in [0.1, 0.15) is 5.82 Å². The van der Waals surface area contributed by atoms with Crippen molar-refractivity contribution < 1.29 is 9.18 Å². The van der Waals surface area contributed by atoms with E-state index >= 15 is 0 Å². The first kappa shape index (κ1) is 18.9. The van der Waals surface area contributed by atoms with Gasteiger partial charge in [-0.15, -0.1) is 0 Å². The van der Waals surface area contributed by atoms with Gasteiger partial charge in [-0.1, -0.05) is 35.3 Å². The predicted molar refractivity (Wildman–Crippen MR) is 107 cm³/mol. The molecule has 5 nitrogen and oxygen atoms in total. The van der Waals surface area contributed by atoms with Gasteiger partial charge in [0, 0.05) is 12.6 Å². The van der Waals surface area contributed by atoms with Crippen molar-refractivity contribution >= 4 is 40.1 Å². The minimum absolute atomic E-state index is 0.111. The molecule has 28 heavy (non-hydrogen) atoms. The van der Waals surface area contributed by atoms with Crippen molar-refractivity contribution in [3.8, 4) is 0 Å². The molecule has 1 aliphatic heterocycles. The lowest BCUT2D eigenvalue weighted by Crippen LogP contribution is -2.40. The van der Waals surface area contributed by atoms with E-state index in [2.05, 4.69) is 9.97 Å². The van der Waals surface area contributed by atoms with Crippen LogP contribution in [0.2, 0.25) is 10.0 Å². The van der Waals surface area contributed by atoms with E-state index in [1.165, 1.54) is 24.3 Å². The number of carbonyl (C=O) groups is 1. The smallest absolute Gasteiger partial charge is 0.280 e. The zero-order chi connectivity index (χ0) is 19.8. The Morgan fingerprint density at radius 3 is 2.82 bits per heavy atom. The number of fused-ring (bicyclic) bond motifs is 1. The topological polar surface area (TPSA) is 66.1 Å². The molecule has 8 heteroatoms. The monoisotopic (exact) mass is 419 g/mol. The number of H-pyrrole nitrogens is 1. The number of rotatable bonds is 3. The number of nitrogens with one attached hydrogen (secondary N) is 1. The standard InChI is InChI=1S/C20H16Cl2FN3O2/c21-14-9-16-17(10-15(14)22)25-19(27)18(24-16)20(28)26-6-2-5-13(26)8-11-3-1-4-12(23)7-11/h1,3-4,7,9-10,13H,2,5-6,8H2,(H,25,27). The summed E-state index contributed by atoms with van der Waals surface area (Å²) in [5.41, 5.74) is 0.850. The molecule has 1 saturated heterocycles. The number of hydrogen-bond acceptors (Lipinski definition) is 3. The quantitative estimate of drug-likeness (QED) is 0.690. The number of aromatic amines is 1. The van der Waals surface area contributed by atoms with Crippen LogP contribution >= 0.6 is 23.2 Å². The highest BCUT2D eigenvalue weighted by Gasteiger charge is 2.31. The summed E-state index contributed by atoms with van der Waals surface area (Å²) in [4.78, 5) is 34.0. The predicted octanol–water partition coefficient (Wildman–Crippen LogP) is 4.22. The van der Waals surface area contributed by atoms with Crippen molar-refractivity contribution in [2.24, 2.45) is 0 Å². The summed E-state index contributed by atoms with van der Waals surface area (Å²) >= 11 is 12.0. The van der Waals surface area contributed by atoms with Gasteiger partial charge in [-0.3, -0.25) is 9.59 Å². The van der Waals surface area contributed by atoms with Crippen LogP contribution in [0.3, 0.4) is 0 Å². The molecule has 0 radical (unpaired) electrons. The average molecular weight is 420 g/mol. The lowest BCUT2D eigenvalue weighted by molar-refractivity contribution is 0.0729. The molecule has 2 heterocycles. The van der Waals surface area contributed by atoms with E-state index in [9.17, 15) is 14.0 Å². The van der Waals surface area contributed by atoms with Gasteiger partial charge < -0.3 is 9.88 Å². The van der Waals surface area contributed by atoms with Crippen molar-refractivity contribution in [1.82, 2.24) is 14.9 Å². The summed E-state index contributed by atoms with van der Waals surface area (Å²) in [5.74, 6) is -0.746. The molecule has 0 spiro atoms. The number of hydrogen-bond donors (Lipinski definition) is 1. The molecule has 1 amide bonds. The van der Waals surface area contributed by atoms with Crippen LogP contribution < -0.4 is 5.56 Å². The Balaban J connectivity index is 1.65. The van der Waals surface area contributed by atoms with Crippen LogP contribution in [0.5, 0.6) is 0 Å². The number of benzene rings is 2. The minimum atomic E-state index is -0.577. The van der Waals surface area contributed by atoms with Crippen molar-refractivity contribution in [3.63, 3.8) is 0 Å². The summed E-state index contributed by atoms with van der Waals surface area (Å²) in [7, 11) is 0. The molecule has 1 aliphatic rings. The highest BCUT2D eigenvalue weighted by molar-refractivity contribution is 6.42. The van der Waals surface area contributed by atoms with E-state index in [-0.39, 0.29) is 22.6 Å². The zero-order valence-electron chi connectivity index (χ0n) is 14.7. The number of aromatic nitrogens is 2. The van der Waals surface area contributed by atoms with Crippen LogP contribution in [-0.2, 0) is 6.42 Å². The van der Waals surface area contributed by atoms with Crippen LogP contribution in [-0.4, -0.2) is 33.4 Å². The van der Waals surface area contributed by atoms with Gasteiger partial charge in [-0.2, -0.15) is 0 Å². The molecule has 1 aromatic heterocycles. The second-order valence-electron chi connectivity index (χ2n) is 6.83. The molecule has 1 unspecified atom stereocenters. The van der Waals surface area contributed by atoms with Crippen molar-refractivity contribution in [3.05, 3.63) is 73.9 Å². The first-order valence-corrected chi connectivity index (χ1v) is 9.62. The maximum absolute atomic E-state index is 13.5. The minimum Gasteiger partial charge on any atom is -0.334 e. The highest BCUT2D eigenvalue weighted by atomic mass is 35.5. The summed E-state index contributed by atoms with van der Waals surface area (Å²) in [6.07, 6.45) is 2.13. The van der Waals surface area contributed by atoms with Crippen molar-refractivity contribution in [1.29, 1.82) is 0 Å². The molecule has 4 rings (SSSR count). The van der Waals surface area contributed by atoms with Gasteiger partial charge >= 0.3 is 0 Å². The van der Waals surface area contributed by atoms with Gasteiger partial charge in [0.2, 0.25) is 0 Å². The first-order chi connectivity index (χ1) is 13.4. The molecular formula is C20H16Cl2FN3O2. The van der Waals surface area contributed by atoms with E-state index < -0.39 is 11.5 Å². The molecule has 3 aromatic rings. The Morgan fingerprint density at radius 2 is 2.04 bits per heavy atom. The Morgan fingerprint density at radius 1 is 1.25 bits per heavy atom. The summed E-state index contributed by atoms with van der Waals surface area (Å²) in [5, 5.41) is 0.581. The Labute approximate surface area is 170 Å². The van der Waals surface area contributed by atoms with Gasteiger partial charge in [-0.05, 0) is 49.1 Å². The largest absolute Gasteiger partial charge is 0.334 e. The van der Waals surface area contributed by atoms with Gasteiger partial charge in [0.25, 0.3) is 11.5 Å². The first-order valence-electron chi connectivity index (χ1n) is 8.87. The van der Waals surface area contributed by atoms with E-state index in [0.717, 1.165) is 18.4 Å². The number of likely N-dealkylation sites (tertiary alicyclic amines) is 1. The molecule has 144 valence electrons. The molecule has 0 saturated carbocycles. The maximum atomic E-state index is 13.5. The van der Waals surface area contributed by atoms with E-state index in [1.807, 2.05) is 6.07 Å². The molecule has 1 N–H and O–H groups in total. The lowest BCUT2D eigenvalue weighted by atomic mass is 10.0.